The highest BCUT2D eigenvalue weighted by molar-refractivity contribution is 6.10. The number of rotatable bonds is 6. The van der Waals surface area contributed by atoms with Crippen molar-refractivity contribution in [2.45, 2.75) is 62.8 Å². The average molecular weight is 691 g/mol. The quantitative estimate of drug-likeness (QED) is 0.182. The van der Waals surface area contributed by atoms with Crippen LogP contribution in [-0.2, 0) is 11.0 Å². The maximum atomic E-state index is 4.00. The van der Waals surface area contributed by atoms with Crippen molar-refractivity contribution in [1.82, 2.24) is 20.3 Å². The molecular formula is C49H46N4. The minimum atomic E-state index is -0.270. The molecule has 5 aromatic carbocycles. The van der Waals surface area contributed by atoms with Gasteiger partial charge in [-0.05, 0) is 82.5 Å². The Morgan fingerprint density at radius 3 is 2.23 bits per heavy atom. The van der Waals surface area contributed by atoms with Crippen LogP contribution in [0.15, 0.2) is 169 Å². The normalized spacial score (nSPS) is 24.7. The van der Waals surface area contributed by atoms with E-state index in [4.69, 9.17) is 0 Å². The molecular weight excluding hydrogens is 645 g/mol. The Morgan fingerprint density at radius 2 is 1.43 bits per heavy atom. The summed E-state index contributed by atoms with van der Waals surface area (Å²) in [7, 11) is 0. The van der Waals surface area contributed by atoms with Gasteiger partial charge in [0.05, 0.1) is 17.2 Å². The molecule has 4 unspecified atom stereocenters. The van der Waals surface area contributed by atoms with E-state index in [0.29, 0.717) is 5.92 Å². The Morgan fingerprint density at radius 1 is 0.698 bits per heavy atom. The highest BCUT2D eigenvalue weighted by atomic mass is 15.6. The summed E-state index contributed by atoms with van der Waals surface area (Å²) in [6.45, 7) is 7.98. The second-order valence-electron chi connectivity index (χ2n) is 16.1. The first-order valence-corrected chi connectivity index (χ1v) is 19.2. The molecule has 4 aliphatic rings. The van der Waals surface area contributed by atoms with Crippen molar-refractivity contribution in [3.63, 3.8) is 0 Å². The van der Waals surface area contributed by atoms with E-state index in [1.807, 2.05) is 0 Å². The summed E-state index contributed by atoms with van der Waals surface area (Å²) in [5.41, 5.74) is 17.0. The standard InChI is InChI=1S/C49H46N4/c1-48(2)42-22-12-10-20-38(42)40-30-45-41(29-43(40)48)39-21-11-13-23-44(39)53(45)49(3)28-14-19-37(31-49)46-50-47(36-17-8-5-9-18-36)52(51-46)32-33-24-26-35(27-25-33)34-15-6-4-7-16-34/h4-26,29-31,35,46-47,50-51H,27-28,32H2,1-3H3. The van der Waals surface area contributed by atoms with Gasteiger partial charge in [-0.15, -0.1) is 0 Å². The van der Waals surface area contributed by atoms with Gasteiger partial charge in [-0.1, -0.05) is 153 Å². The van der Waals surface area contributed by atoms with Gasteiger partial charge in [-0.3, -0.25) is 5.32 Å². The number of hydrogen-bond acceptors (Lipinski definition) is 3. The van der Waals surface area contributed by atoms with Crippen molar-refractivity contribution >= 4 is 21.8 Å². The fourth-order valence-electron chi connectivity index (χ4n) is 9.62. The SMILES string of the molecule is CC1(C)c2ccccc2-c2cc3c(cc21)c1ccccc1n3C1(C)C=C(C2NC(c3ccccc3)N(CC3=CCC(c4ccccc4)C=C3)N2)C=CC1. The summed E-state index contributed by atoms with van der Waals surface area (Å²) >= 11 is 0. The van der Waals surface area contributed by atoms with Gasteiger partial charge >= 0.3 is 0 Å². The third kappa shape index (κ3) is 5.31. The van der Waals surface area contributed by atoms with Crippen LogP contribution in [0.2, 0.25) is 0 Å². The molecule has 3 aliphatic carbocycles. The highest BCUT2D eigenvalue weighted by Crippen LogP contribution is 2.51. The Kier molecular flexibility index (Phi) is 7.59. The van der Waals surface area contributed by atoms with Crippen LogP contribution in [0.5, 0.6) is 0 Å². The molecule has 4 atom stereocenters. The van der Waals surface area contributed by atoms with Crippen molar-refractivity contribution < 1.29 is 0 Å². The fourth-order valence-corrected chi connectivity index (χ4v) is 9.62. The van der Waals surface area contributed by atoms with Crippen LogP contribution in [0.25, 0.3) is 32.9 Å². The van der Waals surface area contributed by atoms with Crippen LogP contribution < -0.4 is 10.7 Å². The number of aromatic nitrogens is 1. The van der Waals surface area contributed by atoms with Gasteiger partial charge in [0.25, 0.3) is 0 Å². The Balaban J connectivity index is 1.01. The molecule has 1 aliphatic heterocycles. The third-order valence-corrected chi connectivity index (χ3v) is 12.3. The van der Waals surface area contributed by atoms with Crippen LogP contribution >= 0.6 is 0 Å². The summed E-state index contributed by atoms with van der Waals surface area (Å²) in [4.78, 5) is 0. The van der Waals surface area contributed by atoms with Crippen molar-refractivity contribution in [2.24, 2.45) is 0 Å². The number of fused-ring (bicyclic) bond motifs is 6. The summed E-state index contributed by atoms with van der Waals surface area (Å²) < 4.78 is 2.62. The minimum Gasteiger partial charge on any atom is -0.331 e. The lowest BCUT2D eigenvalue weighted by atomic mass is 9.82. The van der Waals surface area contributed by atoms with Crippen LogP contribution in [-0.4, -0.2) is 22.3 Å². The van der Waals surface area contributed by atoms with Gasteiger partial charge in [-0.2, -0.15) is 0 Å². The second kappa shape index (κ2) is 12.4. The number of nitrogens with one attached hydrogen (secondary N) is 2. The van der Waals surface area contributed by atoms with Crippen molar-refractivity contribution in [3.8, 4) is 11.1 Å². The molecule has 4 nitrogen and oxygen atoms in total. The van der Waals surface area contributed by atoms with E-state index in [-0.39, 0.29) is 23.3 Å². The van der Waals surface area contributed by atoms with Gasteiger partial charge in [0.15, 0.2) is 0 Å². The fraction of sp³-hybridized carbons (Fsp3) is 0.224. The Labute approximate surface area is 312 Å². The van der Waals surface area contributed by atoms with Gasteiger partial charge < -0.3 is 4.57 Å². The molecule has 1 saturated heterocycles. The number of nitrogens with zero attached hydrogens (tertiary/aromatic N) is 2. The van der Waals surface area contributed by atoms with E-state index in [9.17, 15) is 0 Å². The van der Waals surface area contributed by atoms with Gasteiger partial charge in [-0.25, -0.2) is 10.4 Å². The molecule has 1 aromatic heterocycles. The van der Waals surface area contributed by atoms with Crippen LogP contribution in [0.4, 0.5) is 0 Å². The molecule has 0 amide bonds. The topological polar surface area (TPSA) is 32.2 Å². The first kappa shape index (κ1) is 32.4. The summed E-state index contributed by atoms with van der Waals surface area (Å²) in [6, 6.07) is 44.6. The molecule has 2 heterocycles. The maximum absolute atomic E-state index is 4.00. The highest BCUT2D eigenvalue weighted by Gasteiger charge is 2.39. The predicted octanol–water partition coefficient (Wildman–Crippen LogP) is 10.8. The molecule has 1 fully saturated rings. The molecule has 0 bridgehead atoms. The summed E-state index contributed by atoms with van der Waals surface area (Å²) in [5.74, 6) is 0.431. The van der Waals surface area contributed by atoms with E-state index < -0.39 is 0 Å². The zero-order valence-electron chi connectivity index (χ0n) is 30.8. The molecule has 53 heavy (non-hydrogen) atoms. The first-order chi connectivity index (χ1) is 25.9. The first-order valence-electron chi connectivity index (χ1n) is 19.2. The van der Waals surface area contributed by atoms with Gasteiger partial charge in [0, 0.05) is 34.2 Å². The molecule has 0 saturated carbocycles. The van der Waals surface area contributed by atoms with E-state index in [2.05, 4.69) is 199 Å². The molecule has 262 valence electrons. The van der Waals surface area contributed by atoms with Crippen LogP contribution in [0.3, 0.4) is 0 Å². The third-order valence-electron chi connectivity index (χ3n) is 12.3. The summed E-state index contributed by atoms with van der Waals surface area (Å²) in [5, 5.41) is 9.04. The molecule has 6 aromatic rings. The van der Waals surface area contributed by atoms with Crippen LogP contribution in [0.1, 0.15) is 68.0 Å². The largest absolute Gasteiger partial charge is 0.331 e. The molecule has 0 radical (unpaired) electrons. The molecule has 0 spiro atoms. The zero-order chi connectivity index (χ0) is 35.7. The number of para-hydroxylation sites is 1. The molecule has 4 heteroatoms. The lowest BCUT2D eigenvalue weighted by Gasteiger charge is -2.34. The van der Waals surface area contributed by atoms with E-state index in [0.717, 1.165) is 19.4 Å². The Bertz CT molecular complexity index is 2500. The minimum absolute atomic E-state index is 0.0316. The molecule has 10 rings (SSSR count). The van der Waals surface area contributed by atoms with E-state index in [1.165, 1.54) is 66.3 Å². The monoisotopic (exact) mass is 690 g/mol. The van der Waals surface area contributed by atoms with Gasteiger partial charge in [0.2, 0.25) is 0 Å². The maximum Gasteiger partial charge on any atom is 0.101 e. The second-order valence-corrected chi connectivity index (χ2v) is 16.1. The van der Waals surface area contributed by atoms with Crippen molar-refractivity contribution in [3.05, 3.63) is 191 Å². The predicted molar refractivity (Wildman–Crippen MR) is 219 cm³/mol. The summed E-state index contributed by atoms with van der Waals surface area (Å²) in [6.07, 6.45) is 16.3. The lowest BCUT2D eigenvalue weighted by molar-refractivity contribution is 0.196. The average Bonchev–Trinajstić information content (AvgIpc) is 3.84. The van der Waals surface area contributed by atoms with E-state index >= 15 is 0 Å². The smallest absolute Gasteiger partial charge is 0.101 e. The zero-order valence-corrected chi connectivity index (χ0v) is 30.8. The van der Waals surface area contributed by atoms with Crippen molar-refractivity contribution in [2.75, 3.05) is 6.54 Å². The molecule has 2 N–H and O–H groups in total. The number of hydrogen-bond donors (Lipinski definition) is 2. The lowest BCUT2D eigenvalue weighted by Crippen LogP contribution is -2.40. The number of hydrazine groups is 1. The van der Waals surface area contributed by atoms with Crippen molar-refractivity contribution in [1.29, 1.82) is 0 Å². The van der Waals surface area contributed by atoms with Gasteiger partial charge in [0.1, 0.15) is 6.17 Å². The number of allylic oxidation sites excluding steroid dienone is 4. The van der Waals surface area contributed by atoms with E-state index in [1.54, 1.807) is 0 Å². The van der Waals surface area contributed by atoms with Crippen LogP contribution in [0, 0.1) is 0 Å². The Hall–Kier alpha value is -5.26. The number of benzene rings is 5.